The summed E-state index contributed by atoms with van der Waals surface area (Å²) in [6.07, 6.45) is -3.30. The maximum atomic E-state index is 11.5. The van der Waals surface area contributed by atoms with Crippen molar-refractivity contribution in [3.05, 3.63) is 29.6 Å². The Bertz CT molecular complexity index is 707. The number of carbonyl (C=O) groups excluding carboxylic acids is 2. The lowest BCUT2D eigenvalue weighted by Crippen LogP contribution is -2.46. The molecule has 1 fully saturated rings. The van der Waals surface area contributed by atoms with Crippen molar-refractivity contribution in [3.8, 4) is 0 Å². The van der Waals surface area contributed by atoms with E-state index >= 15 is 0 Å². The average Bonchev–Trinajstić information content (AvgIpc) is 2.79. The topological polar surface area (TPSA) is 160 Å². The summed E-state index contributed by atoms with van der Waals surface area (Å²) in [4.78, 5) is 43.9. The fraction of sp³-hybridized carbons (Fsp3) is 0.417. The second-order valence-electron chi connectivity index (χ2n) is 5.16. The molecule has 10 nitrogen and oxygen atoms in total. The maximum Gasteiger partial charge on any atom is 0.292 e. The summed E-state index contributed by atoms with van der Waals surface area (Å²) in [5, 5.41) is 18.7. The second-order valence-corrected chi connectivity index (χ2v) is 7.12. The van der Waals surface area contributed by atoms with Crippen LogP contribution in [-0.4, -0.2) is 45.4 Å². The first-order valence-electron chi connectivity index (χ1n) is 6.70. The standard InChI is InChI=1S/C12H14NO9PS2/c14-8-7(4-21-23(18,19)20)22-10(9(8)15)13-2-5(11(16)24)1-6(3-13)12(17)25/h1-3,7-10,14-15H,4H2,(H3-,16,17,18,19,20,24,25)/p-1/t7-,8-,9-,10-/m1/s1. The number of phosphoric ester groups is 1. The van der Waals surface area contributed by atoms with Crippen LogP contribution in [0.5, 0.6) is 0 Å². The molecule has 1 aromatic rings. The Morgan fingerprint density at radius 1 is 1.20 bits per heavy atom. The number of hydrogen-bond acceptors (Lipinski definition) is 9. The summed E-state index contributed by atoms with van der Waals surface area (Å²) >= 11 is 7.31. The van der Waals surface area contributed by atoms with Gasteiger partial charge in [0.1, 0.15) is 12.2 Å². The number of aliphatic hydroxyl groups excluding tert-OH is 2. The molecule has 138 valence electrons. The van der Waals surface area contributed by atoms with Crippen molar-refractivity contribution < 1.29 is 48.0 Å². The zero-order valence-electron chi connectivity index (χ0n) is 12.3. The van der Waals surface area contributed by atoms with Crippen LogP contribution in [0.15, 0.2) is 18.5 Å². The number of ether oxygens (including phenoxy) is 1. The molecule has 1 aromatic heterocycles. The molecule has 2 heterocycles. The Hall–Kier alpha value is -0.820. The molecular weight excluding hydrogens is 397 g/mol. The van der Waals surface area contributed by atoms with Crippen molar-refractivity contribution in [3.63, 3.8) is 0 Å². The number of aliphatic hydroxyl groups is 2. The first-order chi connectivity index (χ1) is 11.5. The molecule has 0 aromatic carbocycles. The van der Waals surface area contributed by atoms with Crippen molar-refractivity contribution in [1.82, 2.24) is 0 Å². The van der Waals surface area contributed by atoms with Gasteiger partial charge in [-0.15, -0.1) is 25.3 Å². The van der Waals surface area contributed by atoms with Gasteiger partial charge in [-0.2, -0.15) is 4.57 Å². The minimum Gasteiger partial charge on any atom is -0.790 e. The van der Waals surface area contributed by atoms with Gasteiger partial charge in [0, 0.05) is 0 Å². The molecule has 25 heavy (non-hydrogen) atoms. The van der Waals surface area contributed by atoms with E-state index in [-0.39, 0.29) is 11.1 Å². The Kier molecular flexibility index (Phi) is 6.41. The SMILES string of the molecule is O=C(S)c1cc(C(=O)S)c[n+]([C@@H]2O[C@H](COP(=O)([O-])[O-])[C@@H](O)[C@H]2O)c1. The Labute approximate surface area is 152 Å². The van der Waals surface area contributed by atoms with Crippen LogP contribution in [0.25, 0.3) is 0 Å². The molecule has 2 rings (SSSR count). The van der Waals surface area contributed by atoms with Gasteiger partial charge in [0.2, 0.25) is 10.2 Å². The third-order valence-corrected chi connectivity index (χ3v) is 4.39. The second kappa shape index (κ2) is 7.82. The highest BCUT2D eigenvalue weighted by atomic mass is 32.1. The van der Waals surface area contributed by atoms with Gasteiger partial charge in [0.25, 0.3) is 6.23 Å². The van der Waals surface area contributed by atoms with Crippen molar-refractivity contribution in [2.75, 3.05) is 6.61 Å². The summed E-state index contributed by atoms with van der Waals surface area (Å²) in [6, 6.07) is 1.23. The highest BCUT2D eigenvalue weighted by molar-refractivity contribution is 7.97. The molecule has 0 amide bonds. The van der Waals surface area contributed by atoms with Crippen LogP contribution in [0.3, 0.4) is 0 Å². The molecule has 0 unspecified atom stereocenters. The molecule has 4 atom stereocenters. The minimum atomic E-state index is -5.29. The molecule has 0 spiro atoms. The monoisotopic (exact) mass is 410 g/mol. The zero-order valence-corrected chi connectivity index (χ0v) is 15.0. The fourth-order valence-corrected chi connectivity index (χ4v) is 2.83. The molecule has 13 heteroatoms. The summed E-state index contributed by atoms with van der Waals surface area (Å²) in [6.45, 7) is -0.802. The summed E-state index contributed by atoms with van der Waals surface area (Å²) in [5.74, 6) is 0. The van der Waals surface area contributed by atoms with Crippen molar-refractivity contribution in [2.24, 2.45) is 0 Å². The van der Waals surface area contributed by atoms with Gasteiger partial charge < -0.3 is 33.8 Å². The van der Waals surface area contributed by atoms with E-state index in [2.05, 4.69) is 29.8 Å². The lowest BCUT2D eigenvalue weighted by Gasteiger charge is -2.30. The van der Waals surface area contributed by atoms with Crippen LogP contribution in [0.2, 0.25) is 0 Å². The number of hydrogen-bond donors (Lipinski definition) is 4. The highest BCUT2D eigenvalue weighted by Gasteiger charge is 2.48. The van der Waals surface area contributed by atoms with Gasteiger partial charge in [0.05, 0.1) is 25.6 Å². The van der Waals surface area contributed by atoms with Crippen LogP contribution in [0.1, 0.15) is 26.9 Å². The van der Waals surface area contributed by atoms with E-state index in [4.69, 9.17) is 4.74 Å². The number of pyridine rings is 1. The molecule has 1 saturated heterocycles. The summed E-state index contributed by atoms with van der Waals surface area (Å²) in [5.41, 5.74) is -0.00585. The summed E-state index contributed by atoms with van der Waals surface area (Å²) in [7, 11) is -5.29. The molecule has 0 aliphatic carbocycles. The van der Waals surface area contributed by atoms with Crippen molar-refractivity contribution in [2.45, 2.75) is 24.5 Å². The lowest BCUT2D eigenvalue weighted by atomic mass is 10.1. The van der Waals surface area contributed by atoms with Gasteiger partial charge in [0.15, 0.2) is 18.5 Å². The molecule has 1 aliphatic rings. The number of carbonyl (C=O) groups is 2. The van der Waals surface area contributed by atoms with E-state index < -0.39 is 49.2 Å². The number of phosphoric acid groups is 1. The van der Waals surface area contributed by atoms with Gasteiger partial charge in [-0.3, -0.25) is 9.59 Å². The maximum absolute atomic E-state index is 11.5. The predicted molar refractivity (Wildman–Crippen MR) is 82.8 cm³/mol. The van der Waals surface area contributed by atoms with E-state index in [1.54, 1.807) is 0 Å². The van der Waals surface area contributed by atoms with Gasteiger partial charge in [-0.05, 0) is 6.07 Å². The number of thiol groups is 2. The van der Waals surface area contributed by atoms with Gasteiger partial charge >= 0.3 is 0 Å². The normalized spacial score (nSPS) is 26.6. The fourth-order valence-electron chi connectivity index (χ4n) is 2.26. The average molecular weight is 410 g/mol. The van der Waals surface area contributed by atoms with E-state index in [9.17, 15) is 34.2 Å². The molecule has 0 saturated carbocycles. The predicted octanol–water partition coefficient (Wildman–Crippen LogP) is -2.42. The minimum absolute atomic E-state index is 0.00293. The third kappa shape index (κ3) is 5.09. The first-order valence-corrected chi connectivity index (χ1v) is 9.05. The van der Waals surface area contributed by atoms with Gasteiger partial charge in [-0.1, -0.05) is 0 Å². The first kappa shape index (κ1) is 20.5. The van der Waals surface area contributed by atoms with Crippen LogP contribution in [0, 0.1) is 0 Å². The largest absolute Gasteiger partial charge is 0.790 e. The van der Waals surface area contributed by atoms with Crippen molar-refractivity contribution in [1.29, 1.82) is 0 Å². The van der Waals surface area contributed by atoms with Crippen LogP contribution >= 0.6 is 33.1 Å². The molecule has 2 N–H and O–H groups in total. The molecule has 0 radical (unpaired) electrons. The Morgan fingerprint density at radius 2 is 1.72 bits per heavy atom. The molecule has 1 aliphatic heterocycles. The van der Waals surface area contributed by atoms with Crippen LogP contribution < -0.4 is 14.4 Å². The highest BCUT2D eigenvalue weighted by Crippen LogP contribution is 2.31. The van der Waals surface area contributed by atoms with E-state index in [0.29, 0.717) is 0 Å². The van der Waals surface area contributed by atoms with Crippen LogP contribution in [-0.2, 0) is 13.8 Å². The third-order valence-electron chi connectivity index (χ3n) is 3.41. The van der Waals surface area contributed by atoms with E-state index in [1.165, 1.54) is 18.5 Å². The Balaban J connectivity index is 2.30. The van der Waals surface area contributed by atoms with Gasteiger partial charge in [-0.25, -0.2) is 0 Å². The Morgan fingerprint density at radius 3 is 2.16 bits per heavy atom. The number of nitrogens with zero attached hydrogens (tertiary/aromatic N) is 1. The number of aromatic nitrogens is 1. The summed E-state index contributed by atoms with van der Waals surface area (Å²) < 4.78 is 21.0. The van der Waals surface area contributed by atoms with Crippen molar-refractivity contribution >= 4 is 43.3 Å². The van der Waals surface area contributed by atoms with Crippen LogP contribution in [0.4, 0.5) is 0 Å². The quantitative estimate of drug-likeness (QED) is 0.227. The zero-order chi connectivity index (χ0) is 18.9. The van der Waals surface area contributed by atoms with E-state index in [0.717, 1.165) is 4.57 Å². The molecular formula is C12H13NO9PS2-. The van der Waals surface area contributed by atoms with E-state index in [1.807, 2.05) is 0 Å². The smallest absolute Gasteiger partial charge is 0.292 e. The number of rotatable bonds is 6. The molecule has 0 bridgehead atoms. The lowest BCUT2D eigenvalue weighted by molar-refractivity contribution is -0.765.